The molecule has 114 valence electrons. The van der Waals surface area contributed by atoms with Gasteiger partial charge in [0.15, 0.2) is 0 Å². The van der Waals surface area contributed by atoms with Crippen molar-refractivity contribution in [3.8, 4) is 0 Å². The molecule has 0 amide bonds. The third-order valence-electron chi connectivity index (χ3n) is 4.02. The highest BCUT2D eigenvalue weighted by Crippen LogP contribution is 2.28. The molecule has 0 fully saturated rings. The van der Waals surface area contributed by atoms with Crippen LogP contribution in [0.1, 0.15) is 35.4 Å². The molecule has 1 atom stereocenters. The van der Waals surface area contributed by atoms with E-state index in [-0.39, 0.29) is 0 Å². The Balaban J connectivity index is 2.33. The van der Waals surface area contributed by atoms with Crippen LogP contribution in [0.4, 0.5) is 0 Å². The van der Waals surface area contributed by atoms with Crippen LogP contribution < -0.4 is 5.32 Å². The normalized spacial score (nSPS) is 12.6. The van der Waals surface area contributed by atoms with Crippen LogP contribution in [0.5, 0.6) is 0 Å². The van der Waals surface area contributed by atoms with Crippen molar-refractivity contribution < 1.29 is 0 Å². The first-order valence-corrected chi connectivity index (χ1v) is 7.86. The highest BCUT2D eigenvalue weighted by molar-refractivity contribution is 6.31. The minimum absolute atomic E-state index is 0.397. The first-order valence-electron chi connectivity index (χ1n) is 7.48. The largest absolute Gasteiger partial charge is 0.319 e. The quantitative estimate of drug-likeness (QED) is 0.885. The summed E-state index contributed by atoms with van der Waals surface area (Å²) < 4.78 is 1.93. The average Bonchev–Trinajstić information content (AvgIpc) is 2.74. The van der Waals surface area contributed by atoms with E-state index in [0.29, 0.717) is 5.92 Å². The number of nitrogens with one attached hydrogen (secondary N) is 1. The van der Waals surface area contributed by atoms with Crippen molar-refractivity contribution in [2.75, 3.05) is 13.6 Å². The number of halogens is 1. The maximum absolute atomic E-state index is 6.50. The predicted molar refractivity (Wildman–Crippen MR) is 89.1 cm³/mol. The number of rotatable bonds is 6. The molecule has 21 heavy (non-hydrogen) atoms. The second kappa shape index (κ2) is 7.10. The maximum Gasteiger partial charge on any atom is 0.0849 e. The molecule has 0 aliphatic heterocycles. The van der Waals surface area contributed by atoms with Gasteiger partial charge in [-0.1, -0.05) is 42.8 Å². The van der Waals surface area contributed by atoms with Gasteiger partial charge in [-0.3, -0.25) is 4.68 Å². The second-order valence-corrected chi connectivity index (χ2v) is 5.88. The molecule has 1 heterocycles. The van der Waals surface area contributed by atoms with Gasteiger partial charge in [-0.25, -0.2) is 0 Å². The van der Waals surface area contributed by atoms with E-state index in [9.17, 15) is 0 Å². The van der Waals surface area contributed by atoms with Crippen molar-refractivity contribution in [1.82, 2.24) is 15.1 Å². The average molecular weight is 306 g/mol. The molecular weight excluding hydrogens is 282 g/mol. The lowest BCUT2D eigenvalue weighted by Crippen LogP contribution is -2.21. The summed E-state index contributed by atoms with van der Waals surface area (Å²) in [5.74, 6) is 0.397. The molecular formula is C17H24ClN3. The van der Waals surface area contributed by atoms with Crippen LogP contribution in [-0.2, 0) is 19.9 Å². The number of aryl methyl sites for hydroxylation is 3. The summed E-state index contributed by atoms with van der Waals surface area (Å²) >= 11 is 6.50. The van der Waals surface area contributed by atoms with Crippen LogP contribution in [0.15, 0.2) is 24.3 Å². The maximum atomic E-state index is 6.50. The molecule has 1 unspecified atom stereocenters. The second-order valence-electron chi connectivity index (χ2n) is 5.50. The van der Waals surface area contributed by atoms with Gasteiger partial charge in [-0.2, -0.15) is 5.10 Å². The molecule has 3 nitrogen and oxygen atoms in total. The zero-order valence-electron chi connectivity index (χ0n) is 13.3. The van der Waals surface area contributed by atoms with Gasteiger partial charge in [-0.15, -0.1) is 0 Å². The Kier molecular flexibility index (Phi) is 5.43. The highest BCUT2D eigenvalue weighted by atomic mass is 35.5. The van der Waals surface area contributed by atoms with Crippen molar-refractivity contribution in [3.63, 3.8) is 0 Å². The van der Waals surface area contributed by atoms with Crippen LogP contribution in [0, 0.1) is 6.92 Å². The Morgan fingerprint density at radius 3 is 2.62 bits per heavy atom. The smallest absolute Gasteiger partial charge is 0.0849 e. The molecule has 4 heteroatoms. The Morgan fingerprint density at radius 2 is 2.05 bits per heavy atom. The lowest BCUT2D eigenvalue weighted by atomic mass is 9.90. The fourth-order valence-corrected chi connectivity index (χ4v) is 3.23. The van der Waals surface area contributed by atoms with Crippen LogP contribution >= 0.6 is 11.6 Å². The summed E-state index contributed by atoms with van der Waals surface area (Å²) in [6.45, 7) is 5.18. The van der Waals surface area contributed by atoms with Gasteiger partial charge in [0, 0.05) is 19.5 Å². The number of likely N-dealkylation sites (N-methyl/N-ethyl adjacent to an activating group) is 1. The third-order valence-corrected chi connectivity index (χ3v) is 4.46. The minimum Gasteiger partial charge on any atom is -0.319 e. The van der Waals surface area contributed by atoms with Gasteiger partial charge in [-0.05, 0) is 37.9 Å². The van der Waals surface area contributed by atoms with Crippen LogP contribution in [0.25, 0.3) is 0 Å². The number of nitrogens with zero attached hydrogens (tertiary/aromatic N) is 2. The molecule has 0 saturated carbocycles. The first kappa shape index (κ1) is 16.1. The summed E-state index contributed by atoms with van der Waals surface area (Å²) in [5.41, 5.74) is 4.81. The molecule has 0 saturated heterocycles. The molecule has 1 N–H and O–H groups in total. The van der Waals surface area contributed by atoms with Crippen LogP contribution in [-0.4, -0.2) is 23.4 Å². The van der Waals surface area contributed by atoms with Crippen LogP contribution in [0.2, 0.25) is 5.02 Å². The third kappa shape index (κ3) is 3.47. The van der Waals surface area contributed by atoms with Crippen molar-refractivity contribution >= 4 is 11.6 Å². The molecule has 0 radical (unpaired) electrons. The predicted octanol–water partition coefficient (Wildman–Crippen LogP) is 3.49. The van der Waals surface area contributed by atoms with E-state index < -0.39 is 0 Å². The van der Waals surface area contributed by atoms with Crippen molar-refractivity contribution in [2.45, 2.75) is 32.6 Å². The fraction of sp³-hybridized carbons (Fsp3) is 0.471. The van der Waals surface area contributed by atoms with E-state index in [4.69, 9.17) is 11.6 Å². The molecule has 2 aromatic rings. The Bertz CT molecular complexity index is 604. The van der Waals surface area contributed by atoms with E-state index in [1.165, 1.54) is 11.1 Å². The Morgan fingerprint density at radius 1 is 1.33 bits per heavy atom. The fourth-order valence-electron chi connectivity index (χ4n) is 2.86. The van der Waals surface area contributed by atoms with E-state index in [2.05, 4.69) is 48.5 Å². The van der Waals surface area contributed by atoms with Gasteiger partial charge in [0.1, 0.15) is 0 Å². The van der Waals surface area contributed by atoms with Crippen molar-refractivity contribution in [2.24, 2.45) is 7.05 Å². The van der Waals surface area contributed by atoms with Crippen molar-refractivity contribution in [1.29, 1.82) is 0 Å². The molecule has 0 bridgehead atoms. The van der Waals surface area contributed by atoms with Crippen LogP contribution in [0.3, 0.4) is 0 Å². The summed E-state index contributed by atoms with van der Waals surface area (Å²) in [6, 6.07) is 8.57. The number of hydrogen-bond donors (Lipinski definition) is 1. The van der Waals surface area contributed by atoms with Gasteiger partial charge < -0.3 is 5.32 Å². The van der Waals surface area contributed by atoms with Crippen molar-refractivity contribution in [3.05, 3.63) is 51.8 Å². The summed E-state index contributed by atoms with van der Waals surface area (Å²) in [5, 5.41) is 8.65. The lowest BCUT2D eigenvalue weighted by Gasteiger charge is -2.19. The summed E-state index contributed by atoms with van der Waals surface area (Å²) in [7, 11) is 3.97. The molecule has 0 aliphatic carbocycles. The number of aromatic nitrogens is 2. The molecule has 0 spiro atoms. The molecule has 1 aromatic heterocycles. The zero-order valence-corrected chi connectivity index (χ0v) is 14.0. The Labute approximate surface area is 132 Å². The van der Waals surface area contributed by atoms with E-state index in [1.54, 1.807) is 0 Å². The minimum atomic E-state index is 0.397. The molecule has 2 rings (SSSR count). The lowest BCUT2D eigenvalue weighted by molar-refractivity contribution is 0.588. The van der Waals surface area contributed by atoms with Gasteiger partial charge in [0.2, 0.25) is 0 Å². The standard InChI is InChI=1S/C17H24ClN3/c1-5-15-17(18)16(21(4)20-15)10-13(11-19-3)14-9-7-6-8-12(14)2/h6-9,13,19H,5,10-11H2,1-4H3. The van der Waals surface area contributed by atoms with E-state index in [0.717, 1.165) is 35.8 Å². The van der Waals surface area contributed by atoms with E-state index in [1.807, 2.05) is 18.8 Å². The SMILES string of the molecule is CCc1nn(C)c(CC(CNC)c2ccccc2C)c1Cl. The molecule has 0 aliphatic rings. The van der Waals surface area contributed by atoms with E-state index >= 15 is 0 Å². The zero-order chi connectivity index (χ0) is 15.4. The Hall–Kier alpha value is -1.32. The topological polar surface area (TPSA) is 29.9 Å². The highest BCUT2D eigenvalue weighted by Gasteiger charge is 2.20. The first-order chi connectivity index (χ1) is 10.1. The summed E-state index contributed by atoms with van der Waals surface area (Å²) in [6.07, 6.45) is 1.77. The van der Waals surface area contributed by atoms with Gasteiger partial charge >= 0.3 is 0 Å². The molecule has 1 aromatic carbocycles. The number of benzene rings is 1. The van der Waals surface area contributed by atoms with Gasteiger partial charge in [0.25, 0.3) is 0 Å². The summed E-state index contributed by atoms with van der Waals surface area (Å²) in [4.78, 5) is 0. The number of hydrogen-bond acceptors (Lipinski definition) is 2. The van der Waals surface area contributed by atoms with Gasteiger partial charge in [0.05, 0.1) is 16.4 Å². The monoisotopic (exact) mass is 305 g/mol.